The summed E-state index contributed by atoms with van der Waals surface area (Å²) in [5.74, 6) is -0.770. The van der Waals surface area contributed by atoms with Gasteiger partial charge in [-0.1, -0.05) is 11.6 Å². The Bertz CT molecular complexity index is 1010. The van der Waals surface area contributed by atoms with Crippen LogP contribution in [0, 0.1) is 5.82 Å². The van der Waals surface area contributed by atoms with E-state index in [1.54, 1.807) is 4.90 Å². The van der Waals surface area contributed by atoms with Crippen molar-refractivity contribution in [1.82, 2.24) is 4.90 Å². The average Bonchev–Trinajstić information content (AvgIpc) is 2.74. The second-order valence-corrected chi connectivity index (χ2v) is 9.41. The zero-order valence-electron chi connectivity index (χ0n) is 16.8. The number of piperidine rings is 1. The van der Waals surface area contributed by atoms with Crippen molar-refractivity contribution in [3.8, 4) is 0 Å². The molecule has 162 valence electrons. The Morgan fingerprint density at radius 3 is 2.43 bits per heavy atom. The first-order valence-electron chi connectivity index (χ1n) is 9.69. The van der Waals surface area contributed by atoms with Crippen LogP contribution in [0.3, 0.4) is 0 Å². The van der Waals surface area contributed by atoms with Crippen LogP contribution < -0.4 is 4.31 Å². The van der Waals surface area contributed by atoms with Crippen molar-refractivity contribution in [2.45, 2.75) is 30.8 Å². The van der Waals surface area contributed by atoms with E-state index >= 15 is 0 Å². The molecule has 1 saturated heterocycles. The van der Waals surface area contributed by atoms with Crippen LogP contribution in [0.2, 0.25) is 5.02 Å². The fraction of sp³-hybridized carbons (Fsp3) is 0.381. The number of likely N-dealkylation sites (tertiary alicyclic amines) is 1. The number of sulfonamides is 1. The van der Waals surface area contributed by atoms with Gasteiger partial charge in [0.2, 0.25) is 0 Å². The molecule has 6 nitrogen and oxygen atoms in total. The van der Waals surface area contributed by atoms with Gasteiger partial charge in [-0.3, -0.25) is 9.10 Å². The molecule has 0 aliphatic carbocycles. The molecule has 9 heteroatoms. The quantitative estimate of drug-likeness (QED) is 0.663. The number of halogens is 2. The van der Waals surface area contributed by atoms with E-state index in [-0.39, 0.29) is 27.5 Å². The number of hydrogen-bond acceptors (Lipinski definition) is 4. The topological polar surface area (TPSA) is 66.9 Å². The van der Waals surface area contributed by atoms with E-state index in [2.05, 4.69) is 0 Å². The summed E-state index contributed by atoms with van der Waals surface area (Å²) in [4.78, 5) is 14.6. The Hall–Kier alpha value is -2.16. The van der Waals surface area contributed by atoms with Crippen LogP contribution in [0.1, 0.15) is 30.1 Å². The maximum absolute atomic E-state index is 13.2. The third-order valence-corrected chi connectivity index (χ3v) is 7.26. The van der Waals surface area contributed by atoms with Gasteiger partial charge in [-0.15, -0.1) is 0 Å². The smallest absolute Gasteiger partial charge is 0.264 e. The summed E-state index contributed by atoms with van der Waals surface area (Å²) in [6, 6.07) is 9.18. The lowest BCUT2D eigenvalue weighted by atomic mass is 10.1. The molecule has 0 saturated carbocycles. The number of amides is 1. The second-order valence-electron chi connectivity index (χ2n) is 7.04. The molecule has 3 rings (SSSR count). The molecule has 1 aliphatic heterocycles. The Kier molecular flexibility index (Phi) is 7.00. The Balaban J connectivity index is 1.84. The van der Waals surface area contributed by atoms with Crippen LogP contribution >= 0.6 is 11.6 Å². The number of nitrogens with zero attached hydrogens (tertiary/aromatic N) is 2. The molecule has 0 spiro atoms. The van der Waals surface area contributed by atoms with E-state index in [1.807, 2.05) is 6.92 Å². The third-order valence-electron chi connectivity index (χ3n) is 5.15. The minimum Gasteiger partial charge on any atom is -0.378 e. The lowest BCUT2D eigenvalue weighted by Gasteiger charge is -2.32. The van der Waals surface area contributed by atoms with Gasteiger partial charge in [0.25, 0.3) is 15.9 Å². The largest absolute Gasteiger partial charge is 0.378 e. The van der Waals surface area contributed by atoms with Gasteiger partial charge in [0.15, 0.2) is 0 Å². The van der Waals surface area contributed by atoms with Crippen molar-refractivity contribution >= 4 is 33.2 Å². The molecule has 0 aromatic heterocycles. The van der Waals surface area contributed by atoms with Crippen molar-refractivity contribution in [3.63, 3.8) is 0 Å². The molecule has 1 fully saturated rings. The monoisotopic (exact) mass is 454 g/mol. The minimum absolute atomic E-state index is 0.0636. The summed E-state index contributed by atoms with van der Waals surface area (Å²) < 4.78 is 45.9. The SMILES string of the molecule is CCOC1CCN(C(=O)c2cc(S(=O)(=O)N(C)c3ccc(F)cc3)ccc2Cl)CC1. The highest BCUT2D eigenvalue weighted by molar-refractivity contribution is 7.92. The van der Waals surface area contributed by atoms with Crippen molar-refractivity contribution in [1.29, 1.82) is 0 Å². The molecule has 2 aromatic carbocycles. The standard InChI is InChI=1S/C21H24ClFN2O4S/c1-3-29-17-10-12-25(13-11-17)21(26)19-14-18(8-9-20(19)22)30(27,28)24(2)16-6-4-15(23)5-7-16/h4-9,14,17H,3,10-13H2,1-2H3. The van der Waals surface area contributed by atoms with E-state index in [0.717, 1.165) is 17.1 Å². The van der Waals surface area contributed by atoms with E-state index in [4.69, 9.17) is 16.3 Å². The molecule has 0 bridgehead atoms. The van der Waals surface area contributed by atoms with Crippen molar-refractivity contribution in [2.75, 3.05) is 31.0 Å². The van der Waals surface area contributed by atoms with Crippen molar-refractivity contribution in [3.05, 3.63) is 58.9 Å². The number of rotatable bonds is 6. The molecule has 2 aromatic rings. The highest BCUT2D eigenvalue weighted by Crippen LogP contribution is 2.27. The lowest BCUT2D eigenvalue weighted by Crippen LogP contribution is -2.41. The number of ether oxygens (including phenoxy) is 1. The first-order valence-corrected chi connectivity index (χ1v) is 11.5. The number of carbonyl (C=O) groups excluding carboxylic acids is 1. The molecule has 0 radical (unpaired) electrons. The normalized spacial score (nSPS) is 15.3. The highest BCUT2D eigenvalue weighted by Gasteiger charge is 2.28. The molecule has 1 heterocycles. The van der Waals surface area contributed by atoms with E-state index in [0.29, 0.717) is 25.4 Å². The van der Waals surface area contributed by atoms with Gasteiger partial charge in [0.1, 0.15) is 5.82 Å². The fourth-order valence-corrected chi connectivity index (χ4v) is 4.83. The third kappa shape index (κ3) is 4.77. The predicted molar refractivity (Wildman–Crippen MR) is 114 cm³/mol. The number of hydrogen-bond donors (Lipinski definition) is 0. The summed E-state index contributed by atoms with van der Waals surface area (Å²) >= 11 is 6.23. The van der Waals surface area contributed by atoms with Crippen LogP contribution in [0.4, 0.5) is 10.1 Å². The van der Waals surface area contributed by atoms with E-state index in [1.165, 1.54) is 49.5 Å². The second kappa shape index (κ2) is 9.32. The van der Waals surface area contributed by atoms with Gasteiger partial charge in [0.05, 0.1) is 27.3 Å². The molecule has 30 heavy (non-hydrogen) atoms. The summed E-state index contributed by atoms with van der Waals surface area (Å²) in [5, 5.41) is 0.190. The van der Waals surface area contributed by atoms with Crippen molar-refractivity contribution < 1.29 is 22.3 Å². The zero-order chi connectivity index (χ0) is 21.9. The molecular weight excluding hydrogens is 431 g/mol. The first-order chi connectivity index (χ1) is 14.2. The molecule has 1 aliphatic rings. The van der Waals surface area contributed by atoms with Gasteiger partial charge in [-0.2, -0.15) is 0 Å². The molecule has 0 unspecified atom stereocenters. The number of benzene rings is 2. The number of anilines is 1. The molecule has 0 N–H and O–H groups in total. The maximum Gasteiger partial charge on any atom is 0.264 e. The van der Waals surface area contributed by atoms with Gasteiger partial charge in [0, 0.05) is 26.7 Å². The van der Waals surface area contributed by atoms with Crippen LogP contribution in [0.25, 0.3) is 0 Å². The molecule has 1 amide bonds. The van der Waals surface area contributed by atoms with Gasteiger partial charge >= 0.3 is 0 Å². The summed E-state index contributed by atoms with van der Waals surface area (Å²) in [6.45, 7) is 3.61. The average molecular weight is 455 g/mol. The van der Waals surface area contributed by atoms with Gasteiger partial charge in [-0.05, 0) is 62.2 Å². The van der Waals surface area contributed by atoms with Gasteiger partial charge < -0.3 is 9.64 Å². The summed E-state index contributed by atoms with van der Waals surface area (Å²) in [7, 11) is -2.59. The Morgan fingerprint density at radius 1 is 1.20 bits per heavy atom. The minimum atomic E-state index is -3.96. The van der Waals surface area contributed by atoms with E-state index in [9.17, 15) is 17.6 Å². The summed E-state index contributed by atoms with van der Waals surface area (Å²) in [6.07, 6.45) is 1.58. The van der Waals surface area contributed by atoms with Crippen LogP contribution in [-0.2, 0) is 14.8 Å². The fourth-order valence-electron chi connectivity index (χ4n) is 3.41. The highest BCUT2D eigenvalue weighted by atomic mass is 35.5. The zero-order valence-corrected chi connectivity index (χ0v) is 18.4. The lowest BCUT2D eigenvalue weighted by molar-refractivity contribution is 0.0146. The maximum atomic E-state index is 13.2. The van der Waals surface area contributed by atoms with Gasteiger partial charge in [-0.25, -0.2) is 12.8 Å². The van der Waals surface area contributed by atoms with Crippen molar-refractivity contribution in [2.24, 2.45) is 0 Å². The Morgan fingerprint density at radius 2 is 1.83 bits per heavy atom. The first kappa shape index (κ1) is 22.5. The number of carbonyl (C=O) groups is 1. The van der Waals surface area contributed by atoms with E-state index < -0.39 is 15.8 Å². The predicted octanol–water partition coefficient (Wildman–Crippen LogP) is 3.95. The van der Waals surface area contributed by atoms with Crippen LogP contribution in [0.5, 0.6) is 0 Å². The molecule has 0 atom stereocenters. The molecular formula is C21H24ClFN2O4S. The van der Waals surface area contributed by atoms with Crippen LogP contribution in [-0.4, -0.2) is 52.1 Å². The summed E-state index contributed by atoms with van der Waals surface area (Å²) in [5.41, 5.74) is 0.442. The Labute approximate surface area is 181 Å². The van der Waals surface area contributed by atoms with Crippen LogP contribution in [0.15, 0.2) is 47.4 Å².